The van der Waals surface area contributed by atoms with Crippen molar-refractivity contribution < 1.29 is 0 Å². The van der Waals surface area contributed by atoms with Gasteiger partial charge in [-0.25, -0.2) is 4.98 Å². The molecule has 0 unspecified atom stereocenters. The number of nitriles is 1. The number of aromatic nitrogens is 1. The van der Waals surface area contributed by atoms with Gasteiger partial charge in [0.2, 0.25) is 0 Å². The lowest BCUT2D eigenvalue weighted by Crippen LogP contribution is -2.00. The van der Waals surface area contributed by atoms with Crippen LogP contribution in [-0.4, -0.2) is 11.2 Å². The molecule has 118 valence electrons. The smallest absolute Gasteiger partial charge is 0.142 e. The summed E-state index contributed by atoms with van der Waals surface area (Å²) in [7, 11) is 0. The average Bonchev–Trinajstić information content (AvgIpc) is 2.61. The summed E-state index contributed by atoms with van der Waals surface area (Å²) in [6, 6.07) is 20.0. The highest BCUT2D eigenvalue weighted by Crippen LogP contribution is 2.34. The van der Waals surface area contributed by atoms with Crippen molar-refractivity contribution in [1.82, 2.24) is 4.98 Å². The molecule has 2 aromatic carbocycles. The molecule has 3 rings (SSSR count). The SMILES string of the molecule is CSc1ccc(-c2cc(-c3ccccc3Br)nc(N)c2C#N)cc1. The number of nitrogen functional groups attached to an aromatic ring is 1. The molecule has 0 radical (unpaired) electrons. The molecule has 3 aromatic rings. The van der Waals surface area contributed by atoms with Crippen LogP contribution in [0.1, 0.15) is 5.56 Å². The zero-order chi connectivity index (χ0) is 17.1. The number of nitrogens with zero attached hydrogens (tertiary/aromatic N) is 2. The van der Waals surface area contributed by atoms with Crippen molar-refractivity contribution in [3.05, 3.63) is 64.6 Å². The Labute approximate surface area is 153 Å². The molecule has 0 fully saturated rings. The fourth-order valence-corrected chi connectivity index (χ4v) is 3.38. The standard InChI is InChI=1S/C19H14BrN3S/c1-24-13-8-6-12(7-9-13)15-10-18(23-19(22)16(15)11-21)14-4-2-3-5-17(14)20/h2-10H,1H3,(H2,22,23). The van der Waals surface area contributed by atoms with Gasteiger partial charge in [0.1, 0.15) is 17.5 Å². The molecule has 0 aliphatic heterocycles. The molecule has 0 amide bonds. The van der Waals surface area contributed by atoms with E-state index in [4.69, 9.17) is 5.73 Å². The third kappa shape index (κ3) is 3.16. The molecule has 0 aliphatic rings. The Morgan fingerprint density at radius 1 is 1.08 bits per heavy atom. The van der Waals surface area contributed by atoms with E-state index in [1.54, 1.807) is 11.8 Å². The second-order valence-electron chi connectivity index (χ2n) is 5.14. The number of halogens is 1. The first kappa shape index (κ1) is 16.6. The highest BCUT2D eigenvalue weighted by atomic mass is 79.9. The molecule has 3 nitrogen and oxygen atoms in total. The Morgan fingerprint density at radius 3 is 2.42 bits per heavy atom. The minimum absolute atomic E-state index is 0.245. The van der Waals surface area contributed by atoms with Crippen molar-refractivity contribution in [2.45, 2.75) is 4.90 Å². The summed E-state index contributed by atoms with van der Waals surface area (Å²) in [5.41, 5.74) is 9.89. The lowest BCUT2D eigenvalue weighted by Gasteiger charge is -2.11. The van der Waals surface area contributed by atoms with Crippen LogP contribution in [0, 0.1) is 11.3 Å². The van der Waals surface area contributed by atoms with E-state index in [0.717, 1.165) is 26.9 Å². The van der Waals surface area contributed by atoms with Crippen molar-refractivity contribution >= 4 is 33.5 Å². The molecule has 1 heterocycles. The Hall–Kier alpha value is -2.29. The van der Waals surface area contributed by atoms with Gasteiger partial charge >= 0.3 is 0 Å². The van der Waals surface area contributed by atoms with Crippen LogP contribution >= 0.6 is 27.7 Å². The van der Waals surface area contributed by atoms with E-state index in [2.05, 4.69) is 27.0 Å². The predicted octanol–water partition coefficient (Wildman–Crippen LogP) is 5.35. The van der Waals surface area contributed by atoms with Gasteiger partial charge in [0, 0.05) is 20.5 Å². The quantitative estimate of drug-likeness (QED) is 0.606. The monoisotopic (exact) mass is 395 g/mol. The van der Waals surface area contributed by atoms with Crippen LogP contribution in [-0.2, 0) is 0 Å². The van der Waals surface area contributed by atoms with Crippen LogP contribution in [0.4, 0.5) is 5.82 Å². The predicted molar refractivity (Wildman–Crippen MR) is 104 cm³/mol. The zero-order valence-electron chi connectivity index (χ0n) is 13.0. The molecule has 0 aliphatic carbocycles. The van der Waals surface area contributed by atoms with Crippen LogP contribution in [0.2, 0.25) is 0 Å². The zero-order valence-corrected chi connectivity index (χ0v) is 15.4. The molecule has 0 saturated carbocycles. The molecule has 24 heavy (non-hydrogen) atoms. The van der Waals surface area contributed by atoms with E-state index in [1.807, 2.05) is 60.9 Å². The summed E-state index contributed by atoms with van der Waals surface area (Å²) in [6.07, 6.45) is 2.03. The summed E-state index contributed by atoms with van der Waals surface area (Å²) in [5.74, 6) is 0.245. The minimum atomic E-state index is 0.245. The van der Waals surface area contributed by atoms with Gasteiger partial charge in [-0.3, -0.25) is 0 Å². The molecule has 1 aromatic heterocycles. The highest BCUT2D eigenvalue weighted by Gasteiger charge is 2.14. The van der Waals surface area contributed by atoms with Crippen LogP contribution in [0.3, 0.4) is 0 Å². The Kier molecular flexibility index (Phi) is 4.89. The Morgan fingerprint density at radius 2 is 1.79 bits per heavy atom. The first-order valence-electron chi connectivity index (χ1n) is 7.24. The number of hydrogen-bond donors (Lipinski definition) is 1. The first-order chi connectivity index (χ1) is 11.6. The third-order valence-electron chi connectivity index (χ3n) is 3.71. The number of nitrogens with two attached hydrogens (primary N) is 1. The Balaban J connectivity index is 2.21. The van der Waals surface area contributed by atoms with Crippen LogP contribution in [0.5, 0.6) is 0 Å². The largest absolute Gasteiger partial charge is 0.383 e. The molecule has 0 spiro atoms. The van der Waals surface area contributed by atoms with Gasteiger partial charge in [-0.15, -0.1) is 11.8 Å². The van der Waals surface area contributed by atoms with Crippen molar-refractivity contribution in [3.8, 4) is 28.5 Å². The van der Waals surface area contributed by atoms with Gasteiger partial charge in [0.05, 0.1) is 5.69 Å². The second kappa shape index (κ2) is 7.08. The lowest BCUT2D eigenvalue weighted by molar-refractivity contribution is 1.30. The molecule has 2 N–H and O–H groups in total. The molecular formula is C19H14BrN3S. The van der Waals surface area contributed by atoms with Crippen molar-refractivity contribution in [1.29, 1.82) is 5.26 Å². The molecular weight excluding hydrogens is 382 g/mol. The fraction of sp³-hybridized carbons (Fsp3) is 0.0526. The van der Waals surface area contributed by atoms with Crippen molar-refractivity contribution in [2.75, 3.05) is 12.0 Å². The summed E-state index contributed by atoms with van der Waals surface area (Å²) in [5, 5.41) is 9.49. The van der Waals surface area contributed by atoms with Gasteiger partial charge in [0.25, 0.3) is 0 Å². The van der Waals surface area contributed by atoms with E-state index in [0.29, 0.717) is 5.56 Å². The normalized spacial score (nSPS) is 10.4. The van der Waals surface area contributed by atoms with Gasteiger partial charge in [-0.1, -0.05) is 46.3 Å². The first-order valence-corrected chi connectivity index (χ1v) is 9.25. The third-order valence-corrected chi connectivity index (χ3v) is 5.15. The van der Waals surface area contributed by atoms with E-state index < -0.39 is 0 Å². The number of thioether (sulfide) groups is 1. The van der Waals surface area contributed by atoms with E-state index in [1.165, 1.54) is 4.90 Å². The number of hydrogen-bond acceptors (Lipinski definition) is 4. The molecule has 0 saturated heterocycles. The maximum absolute atomic E-state index is 9.49. The molecule has 5 heteroatoms. The average molecular weight is 396 g/mol. The molecule has 0 bridgehead atoms. The number of pyridine rings is 1. The van der Waals surface area contributed by atoms with Crippen molar-refractivity contribution in [3.63, 3.8) is 0 Å². The summed E-state index contributed by atoms with van der Waals surface area (Å²) in [6.45, 7) is 0. The second-order valence-corrected chi connectivity index (χ2v) is 6.87. The fourth-order valence-electron chi connectivity index (χ4n) is 2.49. The topological polar surface area (TPSA) is 62.7 Å². The van der Waals surface area contributed by atoms with Gasteiger partial charge in [0.15, 0.2) is 0 Å². The van der Waals surface area contributed by atoms with Crippen molar-refractivity contribution in [2.24, 2.45) is 0 Å². The Bertz CT molecular complexity index is 930. The molecule has 0 atom stereocenters. The highest BCUT2D eigenvalue weighted by molar-refractivity contribution is 9.10. The maximum atomic E-state index is 9.49. The minimum Gasteiger partial charge on any atom is -0.383 e. The summed E-state index contributed by atoms with van der Waals surface area (Å²) in [4.78, 5) is 5.59. The van der Waals surface area contributed by atoms with Crippen LogP contribution < -0.4 is 5.73 Å². The van der Waals surface area contributed by atoms with Crippen LogP contribution in [0.25, 0.3) is 22.4 Å². The lowest BCUT2D eigenvalue weighted by atomic mass is 9.98. The van der Waals surface area contributed by atoms with Gasteiger partial charge in [-0.2, -0.15) is 5.26 Å². The summed E-state index contributed by atoms with van der Waals surface area (Å²) >= 11 is 5.22. The van der Waals surface area contributed by atoms with Gasteiger partial charge in [-0.05, 0) is 36.1 Å². The summed E-state index contributed by atoms with van der Waals surface area (Å²) < 4.78 is 0.935. The number of rotatable bonds is 3. The van der Waals surface area contributed by atoms with Gasteiger partial charge < -0.3 is 5.73 Å². The van der Waals surface area contributed by atoms with Crippen LogP contribution in [0.15, 0.2) is 64.0 Å². The van der Waals surface area contributed by atoms with E-state index in [9.17, 15) is 5.26 Å². The van der Waals surface area contributed by atoms with E-state index in [-0.39, 0.29) is 5.82 Å². The van der Waals surface area contributed by atoms with E-state index >= 15 is 0 Å². The maximum Gasteiger partial charge on any atom is 0.142 e. The number of anilines is 1. The number of benzene rings is 2.